The summed E-state index contributed by atoms with van der Waals surface area (Å²) in [4.78, 5) is 2.09. The highest BCUT2D eigenvalue weighted by Gasteiger charge is 2.20. The summed E-state index contributed by atoms with van der Waals surface area (Å²) in [5, 5.41) is 4.23. The van der Waals surface area contributed by atoms with Crippen LogP contribution in [-0.2, 0) is 0 Å². The van der Waals surface area contributed by atoms with Crippen LogP contribution in [-0.4, -0.2) is 18.2 Å². The van der Waals surface area contributed by atoms with E-state index in [4.69, 9.17) is 21.9 Å². The molecule has 2 rings (SSSR count). The van der Waals surface area contributed by atoms with E-state index >= 15 is 0 Å². The first-order valence-corrected chi connectivity index (χ1v) is 4.32. The fourth-order valence-corrected chi connectivity index (χ4v) is 1.60. The number of rotatable bonds is 1. The Hall–Kier alpha value is -0.900. The number of halogens is 1. The van der Waals surface area contributed by atoms with Crippen molar-refractivity contribution in [1.29, 1.82) is 0 Å². The molecule has 0 saturated carbocycles. The minimum Gasteiger partial charge on any atom is -0.366 e. The van der Waals surface area contributed by atoms with Gasteiger partial charge in [-0.3, -0.25) is 0 Å². The molecule has 2 N–H and O–H groups in total. The molecular formula is C7H10ClN3O. The molecule has 1 aliphatic rings. The number of hydrogen-bond acceptors (Lipinski definition) is 4. The molecule has 0 atom stereocenters. The Morgan fingerprint density at radius 1 is 1.42 bits per heavy atom. The number of nitrogens with zero attached hydrogens (tertiary/aromatic N) is 2. The molecule has 0 bridgehead atoms. The fraction of sp³-hybridized carbons (Fsp3) is 0.571. The van der Waals surface area contributed by atoms with Crippen molar-refractivity contribution >= 4 is 23.3 Å². The lowest BCUT2D eigenvalue weighted by Gasteiger charge is -2.12. The summed E-state index contributed by atoms with van der Waals surface area (Å²) < 4.78 is 4.76. The highest BCUT2D eigenvalue weighted by Crippen LogP contribution is 2.31. The van der Waals surface area contributed by atoms with Crippen LogP contribution in [0.3, 0.4) is 0 Å². The van der Waals surface area contributed by atoms with E-state index < -0.39 is 0 Å². The zero-order valence-electron chi connectivity index (χ0n) is 6.59. The average Bonchev–Trinajstić information content (AvgIpc) is 2.64. The highest BCUT2D eigenvalue weighted by atomic mass is 35.5. The Morgan fingerprint density at radius 2 is 2.08 bits per heavy atom. The lowest BCUT2D eigenvalue weighted by atomic mass is 10.4. The van der Waals surface area contributed by atoms with Gasteiger partial charge in [0.25, 0.3) is 0 Å². The predicted octanol–water partition coefficient (Wildman–Crippen LogP) is 1.51. The van der Waals surface area contributed by atoms with Crippen LogP contribution in [0.15, 0.2) is 4.52 Å². The van der Waals surface area contributed by atoms with Gasteiger partial charge in [-0.05, 0) is 12.8 Å². The van der Waals surface area contributed by atoms with E-state index in [1.807, 2.05) is 0 Å². The fourth-order valence-electron chi connectivity index (χ4n) is 1.41. The van der Waals surface area contributed by atoms with Crippen molar-refractivity contribution < 1.29 is 4.52 Å². The van der Waals surface area contributed by atoms with Crippen molar-refractivity contribution in [2.24, 2.45) is 0 Å². The second-order valence-corrected chi connectivity index (χ2v) is 3.26. The molecule has 0 aliphatic carbocycles. The molecular weight excluding hydrogens is 178 g/mol. The summed E-state index contributed by atoms with van der Waals surface area (Å²) in [5.74, 6) is 0.894. The highest BCUT2D eigenvalue weighted by molar-refractivity contribution is 6.35. The number of anilines is 2. The Bertz CT molecular complexity index is 280. The molecule has 66 valence electrons. The molecule has 0 amide bonds. The zero-order chi connectivity index (χ0) is 8.55. The van der Waals surface area contributed by atoms with Crippen LogP contribution in [0.2, 0.25) is 5.02 Å². The Balaban J connectivity index is 2.26. The van der Waals surface area contributed by atoms with Crippen LogP contribution in [0, 0.1) is 0 Å². The summed E-state index contributed by atoms with van der Waals surface area (Å²) in [7, 11) is 0. The van der Waals surface area contributed by atoms with Crippen molar-refractivity contribution in [3.63, 3.8) is 0 Å². The van der Waals surface area contributed by atoms with E-state index in [0.29, 0.717) is 10.8 Å². The van der Waals surface area contributed by atoms with Gasteiger partial charge in [0.1, 0.15) is 5.02 Å². The van der Waals surface area contributed by atoms with Gasteiger partial charge in [0, 0.05) is 13.1 Å². The monoisotopic (exact) mass is 187 g/mol. The maximum absolute atomic E-state index is 5.87. The first kappa shape index (κ1) is 7.73. The first-order valence-electron chi connectivity index (χ1n) is 3.94. The number of nitrogens with two attached hydrogens (primary N) is 1. The van der Waals surface area contributed by atoms with Crippen molar-refractivity contribution in [2.45, 2.75) is 12.8 Å². The molecule has 5 heteroatoms. The Kier molecular flexibility index (Phi) is 1.84. The second kappa shape index (κ2) is 2.86. The van der Waals surface area contributed by atoms with Crippen LogP contribution < -0.4 is 10.6 Å². The molecule has 1 fully saturated rings. The Morgan fingerprint density at radius 3 is 2.58 bits per heavy atom. The van der Waals surface area contributed by atoms with Gasteiger partial charge in [-0.2, -0.15) is 0 Å². The zero-order valence-corrected chi connectivity index (χ0v) is 7.34. The molecule has 4 nitrogen and oxygen atoms in total. The van der Waals surface area contributed by atoms with Crippen molar-refractivity contribution in [3.05, 3.63) is 5.02 Å². The van der Waals surface area contributed by atoms with Crippen molar-refractivity contribution in [2.75, 3.05) is 23.7 Å². The molecule has 1 aliphatic heterocycles. The van der Waals surface area contributed by atoms with Gasteiger partial charge in [0.15, 0.2) is 5.82 Å². The van der Waals surface area contributed by atoms with E-state index in [2.05, 4.69) is 10.1 Å². The number of nitrogen functional groups attached to an aromatic ring is 1. The quantitative estimate of drug-likeness (QED) is 0.724. The topological polar surface area (TPSA) is 55.3 Å². The average molecular weight is 188 g/mol. The minimum absolute atomic E-state index is 0.207. The maximum atomic E-state index is 5.87. The van der Waals surface area contributed by atoms with Crippen molar-refractivity contribution in [1.82, 2.24) is 5.16 Å². The molecule has 0 unspecified atom stereocenters. The van der Waals surface area contributed by atoms with E-state index in [9.17, 15) is 0 Å². The first-order chi connectivity index (χ1) is 5.79. The molecule has 1 aromatic heterocycles. The minimum atomic E-state index is 0.207. The molecule has 0 radical (unpaired) electrons. The molecule has 2 heterocycles. The van der Waals surface area contributed by atoms with Crippen LogP contribution in [0.4, 0.5) is 11.7 Å². The second-order valence-electron chi connectivity index (χ2n) is 2.88. The summed E-state index contributed by atoms with van der Waals surface area (Å²) in [6.45, 7) is 1.98. The van der Waals surface area contributed by atoms with Crippen LogP contribution in [0.1, 0.15) is 12.8 Å². The molecule has 12 heavy (non-hydrogen) atoms. The number of hydrogen-bond donors (Lipinski definition) is 1. The standard InChI is InChI=1S/C7H10ClN3O/c8-5-6(9)12-10-7(5)11-3-1-2-4-11/h1-4,9H2. The van der Waals surface area contributed by atoms with E-state index in [1.165, 1.54) is 12.8 Å². The largest absolute Gasteiger partial charge is 0.366 e. The normalized spacial score (nSPS) is 17.2. The van der Waals surface area contributed by atoms with Gasteiger partial charge in [0.2, 0.25) is 5.88 Å². The van der Waals surface area contributed by atoms with Gasteiger partial charge in [-0.25, -0.2) is 0 Å². The van der Waals surface area contributed by atoms with Gasteiger partial charge in [-0.15, -0.1) is 0 Å². The molecule has 1 aromatic rings. The molecule has 0 spiro atoms. The van der Waals surface area contributed by atoms with E-state index in [0.717, 1.165) is 13.1 Å². The van der Waals surface area contributed by atoms with E-state index in [-0.39, 0.29) is 5.88 Å². The van der Waals surface area contributed by atoms with Crippen LogP contribution >= 0.6 is 11.6 Å². The molecule has 0 aromatic carbocycles. The summed E-state index contributed by atoms with van der Waals surface area (Å²) >= 11 is 5.87. The molecule has 1 saturated heterocycles. The smallest absolute Gasteiger partial charge is 0.243 e. The Labute approximate surface area is 75.3 Å². The van der Waals surface area contributed by atoms with Crippen molar-refractivity contribution in [3.8, 4) is 0 Å². The van der Waals surface area contributed by atoms with Crippen LogP contribution in [0.25, 0.3) is 0 Å². The maximum Gasteiger partial charge on any atom is 0.243 e. The third kappa shape index (κ3) is 1.12. The number of aromatic nitrogens is 1. The summed E-state index contributed by atoms with van der Waals surface area (Å²) in [6.07, 6.45) is 2.37. The van der Waals surface area contributed by atoms with Gasteiger partial charge >= 0.3 is 0 Å². The van der Waals surface area contributed by atoms with Gasteiger partial charge in [0.05, 0.1) is 0 Å². The third-order valence-corrected chi connectivity index (χ3v) is 2.40. The van der Waals surface area contributed by atoms with E-state index in [1.54, 1.807) is 0 Å². The predicted molar refractivity (Wildman–Crippen MR) is 47.4 cm³/mol. The summed E-state index contributed by atoms with van der Waals surface area (Å²) in [6, 6.07) is 0. The SMILES string of the molecule is Nc1onc(N2CCCC2)c1Cl. The van der Waals surface area contributed by atoms with Gasteiger partial charge in [-0.1, -0.05) is 16.8 Å². The summed E-state index contributed by atoms with van der Waals surface area (Å²) in [5.41, 5.74) is 5.42. The third-order valence-electron chi connectivity index (χ3n) is 2.05. The van der Waals surface area contributed by atoms with Crippen LogP contribution in [0.5, 0.6) is 0 Å². The lowest BCUT2D eigenvalue weighted by Crippen LogP contribution is -2.18. The van der Waals surface area contributed by atoms with Gasteiger partial charge < -0.3 is 15.2 Å². The lowest BCUT2D eigenvalue weighted by molar-refractivity contribution is 0.436.